The van der Waals surface area contributed by atoms with Crippen LogP contribution in [0.5, 0.6) is 0 Å². The van der Waals surface area contributed by atoms with Gasteiger partial charge in [-0.25, -0.2) is 4.98 Å². The first kappa shape index (κ1) is 13.3. The molecule has 2 rings (SSSR count). The Morgan fingerprint density at radius 2 is 2.21 bits per heavy atom. The van der Waals surface area contributed by atoms with Crippen molar-refractivity contribution in [3.63, 3.8) is 0 Å². The smallest absolute Gasteiger partial charge is 0.0994 e. The molecule has 1 heterocycles. The van der Waals surface area contributed by atoms with Gasteiger partial charge < -0.3 is 10.3 Å². The average molecular weight is 254 g/mol. The Morgan fingerprint density at radius 3 is 2.84 bits per heavy atom. The van der Waals surface area contributed by atoms with Crippen LogP contribution in [0, 0.1) is 17.2 Å². The third-order valence-electron chi connectivity index (χ3n) is 3.36. The van der Waals surface area contributed by atoms with Crippen LogP contribution < -0.4 is 5.73 Å². The van der Waals surface area contributed by atoms with E-state index >= 15 is 0 Å². The number of aromatic nitrogens is 2. The fourth-order valence-corrected chi connectivity index (χ4v) is 2.26. The molecule has 0 amide bonds. The molecule has 0 radical (unpaired) electrons. The number of benzene rings is 1. The summed E-state index contributed by atoms with van der Waals surface area (Å²) in [6.07, 6.45) is 3.63. The summed E-state index contributed by atoms with van der Waals surface area (Å²) in [7, 11) is 0. The van der Waals surface area contributed by atoms with Crippen molar-refractivity contribution in [2.75, 3.05) is 6.54 Å². The largest absolute Gasteiger partial charge is 0.330 e. The summed E-state index contributed by atoms with van der Waals surface area (Å²) in [5, 5.41) is 8.98. The lowest BCUT2D eigenvalue weighted by molar-refractivity contribution is 0.490. The van der Waals surface area contributed by atoms with Gasteiger partial charge in [0.05, 0.1) is 18.0 Å². The van der Waals surface area contributed by atoms with Crippen molar-refractivity contribution in [1.82, 2.24) is 9.55 Å². The van der Waals surface area contributed by atoms with E-state index in [4.69, 9.17) is 11.0 Å². The van der Waals surface area contributed by atoms with Gasteiger partial charge in [-0.2, -0.15) is 5.26 Å². The van der Waals surface area contributed by atoms with Gasteiger partial charge in [-0.3, -0.25) is 0 Å². The Morgan fingerprint density at radius 1 is 1.42 bits per heavy atom. The SMILES string of the molecule is CC(C)C(CN)c1cncn1-c1cccc(C#N)c1. The highest BCUT2D eigenvalue weighted by Gasteiger charge is 2.18. The minimum absolute atomic E-state index is 0.258. The average Bonchev–Trinajstić information content (AvgIpc) is 2.88. The van der Waals surface area contributed by atoms with E-state index in [1.807, 2.05) is 29.0 Å². The van der Waals surface area contributed by atoms with Gasteiger partial charge in [0.25, 0.3) is 0 Å². The van der Waals surface area contributed by atoms with E-state index in [1.54, 1.807) is 12.4 Å². The second kappa shape index (κ2) is 5.68. The second-order valence-electron chi connectivity index (χ2n) is 4.94. The molecule has 4 heteroatoms. The Hall–Kier alpha value is -2.12. The maximum Gasteiger partial charge on any atom is 0.0994 e. The first-order chi connectivity index (χ1) is 9.17. The van der Waals surface area contributed by atoms with E-state index in [1.165, 1.54) is 0 Å². The fraction of sp³-hybridized carbons (Fsp3) is 0.333. The zero-order valence-electron chi connectivity index (χ0n) is 11.2. The second-order valence-corrected chi connectivity index (χ2v) is 4.94. The maximum atomic E-state index is 8.98. The number of hydrogen-bond acceptors (Lipinski definition) is 3. The predicted octanol–water partition coefficient (Wildman–Crippen LogP) is 2.44. The molecule has 0 saturated heterocycles. The van der Waals surface area contributed by atoms with Crippen LogP contribution in [0.15, 0.2) is 36.8 Å². The number of nitrogens with two attached hydrogens (primary N) is 1. The summed E-state index contributed by atoms with van der Waals surface area (Å²) in [5.41, 5.74) is 8.56. The Bertz CT molecular complexity index is 592. The molecule has 1 aromatic heterocycles. The van der Waals surface area contributed by atoms with Gasteiger partial charge in [-0.15, -0.1) is 0 Å². The lowest BCUT2D eigenvalue weighted by atomic mass is 9.93. The van der Waals surface area contributed by atoms with E-state index in [9.17, 15) is 0 Å². The third-order valence-corrected chi connectivity index (χ3v) is 3.36. The lowest BCUT2D eigenvalue weighted by Crippen LogP contribution is -2.20. The molecule has 1 aromatic carbocycles. The van der Waals surface area contributed by atoms with Gasteiger partial charge in [0.15, 0.2) is 0 Å². The van der Waals surface area contributed by atoms with E-state index in [0.29, 0.717) is 18.0 Å². The molecular formula is C15H18N4. The fourth-order valence-electron chi connectivity index (χ4n) is 2.26. The summed E-state index contributed by atoms with van der Waals surface area (Å²) in [6.45, 7) is 4.89. The molecule has 2 N–H and O–H groups in total. The molecule has 0 fully saturated rings. The zero-order valence-corrected chi connectivity index (χ0v) is 11.2. The number of nitriles is 1. The van der Waals surface area contributed by atoms with Gasteiger partial charge in [-0.1, -0.05) is 19.9 Å². The molecule has 0 aliphatic rings. The maximum absolute atomic E-state index is 8.98. The van der Waals surface area contributed by atoms with Crippen LogP contribution in [0.2, 0.25) is 0 Å². The molecule has 1 unspecified atom stereocenters. The van der Waals surface area contributed by atoms with Crippen LogP contribution in [0.1, 0.15) is 31.0 Å². The van der Waals surface area contributed by atoms with Crippen molar-refractivity contribution in [1.29, 1.82) is 5.26 Å². The Balaban J connectivity index is 2.46. The van der Waals surface area contributed by atoms with Crippen LogP contribution in [-0.4, -0.2) is 16.1 Å². The number of imidazole rings is 1. The monoisotopic (exact) mass is 254 g/mol. The van der Waals surface area contributed by atoms with E-state index in [-0.39, 0.29) is 5.92 Å². The third kappa shape index (κ3) is 2.67. The van der Waals surface area contributed by atoms with E-state index in [2.05, 4.69) is 24.9 Å². The summed E-state index contributed by atoms with van der Waals surface area (Å²) in [4.78, 5) is 4.23. The summed E-state index contributed by atoms with van der Waals surface area (Å²) < 4.78 is 2.01. The summed E-state index contributed by atoms with van der Waals surface area (Å²) >= 11 is 0. The Kier molecular flexibility index (Phi) is 3.98. The zero-order chi connectivity index (χ0) is 13.8. The first-order valence-corrected chi connectivity index (χ1v) is 6.40. The van der Waals surface area contributed by atoms with Gasteiger partial charge in [0.2, 0.25) is 0 Å². The van der Waals surface area contributed by atoms with Crippen LogP contribution in [0.3, 0.4) is 0 Å². The number of rotatable bonds is 4. The van der Waals surface area contributed by atoms with Crippen LogP contribution >= 0.6 is 0 Å². The van der Waals surface area contributed by atoms with Crippen molar-refractivity contribution in [2.45, 2.75) is 19.8 Å². The topological polar surface area (TPSA) is 67.6 Å². The highest BCUT2D eigenvalue weighted by Crippen LogP contribution is 2.25. The van der Waals surface area contributed by atoms with Crippen molar-refractivity contribution < 1.29 is 0 Å². The van der Waals surface area contributed by atoms with Crippen molar-refractivity contribution in [3.05, 3.63) is 48.0 Å². The first-order valence-electron chi connectivity index (χ1n) is 6.40. The minimum Gasteiger partial charge on any atom is -0.330 e. The van der Waals surface area contributed by atoms with Gasteiger partial charge >= 0.3 is 0 Å². The van der Waals surface area contributed by atoms with Crippen molar-refractivity contribution in [2.24, 2.45) is 11.7 Å². The molecule has 0 spiro atoms. The van der Waals surface area contributed by atoms with Crippen LogP contribution in [0.4, 0.5) is 0 Å². The highest BCUT2D eigenvalue weighted by atomic mass is 15.1. The molecule has 0 bridgehead atoms. The van der Waals surface area contributed by atoms with Gasteiger partial charge in [-0.05, 0) is 24.1 Å². The predicted molar refractivity (Wildman–Crippen MR) is 74.9 cm³/mol. The summed E-state index contributed by atoms with van der Waals surface area (Å²) in [5.74, 6) is 0.702. The van der Waals surface area contributed by atoms with Crippen LogP contribution in [0.25, 0.3) is 5.69 Å². The molecule has 4 nitrogen and oxygen atoms in total. The lowest BCUT2D eigenvalue weighted by Gasteiger charge is -2.20. The van der Waals surface area contributed by atoms with E-state index < -0.39 is 0 Å². The molecule has 2 aromatic rings. The van der Waals surface area contributed by atoms with Gasteiger partial charge in [0.1, 0.15) is 0 Å². The molecule has 98 valence electrons. The normalized spacial score (nSPS) is 12.4. The quantitative estimate of drug-likeness (QED) is 0.911. The molecule has 19 heavy (non-hydrogen) atoms. The molecule has 0 aliphatic carbocycles. The molecule has 1 atom stereocenters. The molecule has 0 saturated carbocycles. The standard InChI is InChI=1S/C15H18N4/c1-11(2)14(8-17)15-9-18-10-19(15)13-5-3-4-12(6-13)7-16/h3-6,9-11,14H,8,17H2,1-2H3. The van der Waals surface area contributed by atoms with E-state index in [0.717, 1.165) is 11.4 Å². The van der Waals surface area contributed by atoms with Crippen LogP contribution in [-0.2, 0) is 0 Å². The number of hydrogen-bond donors (Lipinski definition) is 1. The highest BCUT2D eigenvalue weighted by molar-refractivity contribution is 5.42. The summed E-state index contributed by atoms with van der Waals surface area (Å²) in [6, 6.07) is 9.66. The van der Waals surface area contributed by atoms with Gasteiger partial charge in [0, 0.05) is 30.0 Å². The number of nitrogens with zero attached hydrogens (tertiary/aromatic N) is 3. The van der Waals surface area contributed by atoms with Crippen molar-refractivity contribution in [3.8, 4) is 11.8 Å². The van der Waals surface area contributed by atoms with Crippen molar-refractivity contribution >= 4 is 0 Å². The molecule has 0 aliphatic heterocycles. The Labute approximate surface area is 113 Å². The molecular weight excluding hydrogens is 236 g/mol. The minimum atomic E-state index is 0.258.